The lowest BCUT2D eigenvalue weighted by Crippen LogP contribution is -1.89. The number of pyridine rings is 1. The highest BCUT2D eigenvalue weighted by Gasteiger charge is 1.99. The summed E-state index contributed by atoms with van der Waals surface area (Å²) in [6, 6.07) is 3.56. The van der Waals surface area contributed by atoms with Crippen molar-refractivity contribution in [3.05, 3.63) is 24.7 Å². The second-order valence-electron chi connectivity index (χ2n) is 2.31. The van der Waals surface area contributed by atoms with Crippen LogP contribution >= 0.6 is 0 Å². The van der Waals surface area contributed by atoms with Crippen molar-refractivity contribution in [1.29, 1.82) is 0 Å². The maximum absolute atomic E-state index is 5.47. The number of H-pyrrole nitrogens is 1. The summed E-state index contributed by atoms with van der Waals surface area (Å²) in [6.45, 7) is 0. The van der Waals surface area contributed by atoms with Gasteiger partial charge in [0.1, 0.15) is 12.0 Å². The molecule has 0 spiro atoms. The second kappa shape index (κ2) is 2.61. The third kappa shape index (κ3) is 1.12. The predicted molar refractivity (Wildman–Crippen MR) is 44.0 cm³/mol. The van der Waals surface area contributed by atoms with E-state index in [2.05, 4.69) is 20.2 Å². The van der Waals surface area contributed by atoms with Crippen LogP contribution in [0.4, 0.5) is 5.69 Å². The van der Waals surface area contributed by atoms with Gasteiger partial charge in [0.05, 0.1) is 11.9 Å². The molecule has 0 unspecified atom stereocenters. The predicted octanol–water partition coefficient (Wildman–Crippen LogP) is 0.449. The fourth-order valence-electron chi connectivity index (χ4n) is 0.874. The Morgan fingerprint density at radius 3 is 2.75 bits per heavy atom. The highest BCUT2D eigenvalue weighted by atomic mass is 15.2. The lowest BCUT2D eigenvalue weighted by atomic mass is 10.3. The van der Waals surface area contributed by atoms with E-state index in [-0.39, 0.29) is 0 Å². The maximum atomic E-state index is 5.47. The van der Waals surface area contributed by atoms with Crippen molar-refractivity contribution in [2.24, 2.45) is 0 Å². The van der Waals surface area contributed by atoms with Gasteiger partial charge < -0.3 is 5.73 Å². The van der Waals surface area contributed by atoms with Gasteiger partial charge in [-0.3, -0.25) is 10.1 Å². The minimum Gasteiger partial charge on any atom is -0.397 e. The molecule has 0 saturated carbocycles. The highest BCUT2D eigenvalue weighted by molar-refractivity contribution is 5.51. The summed E-state index contributed by atoms with van der Waals surface area (Å²) in [5.41, 5.74) is 6.85. The Hall–Kier alpha value is -1.91. The van der Waals surface area contributed by atoms with Gasteiger partial charge in [-0.05, 0) is 12.1 Å². The molecule has 5 nitrogen and oxygen atoms in total. The summed E-state index contributed by atoms with van der Waals surface area (Å²) in [7, 11) is 0. The Labute approximate surface area is 68.7 Å². The van der Waals surface area contributed by atoms with E-state index < -0.39 is 0 Å². The van der Waals surface area contributed by atoms with Crippen LogP contribution in [0.2, 0.25) is 0 Å². The number of nitrogens with zero attached hydrogens (tertiary/aromatic N) is 3. The molecular weight excluding hydrogens is 154 g/mol. The zero-order valence-electron chi connectivity index (χ0n) is 6.23. The van der Waals surface area contributed by atoms with Crippen LogP contribution in [0.5, 0.6) is 0 Å². The molecule has 0 bridgehead atoms. The molecule has 2 rings (SSSR count). The number of hydrogen-bond acceptors (Lipinski definition) is 4. The van der Waals surface area contributed by atoms with Crippen molar-refractivity contribution in [3.63, 3.8) is 0 Å². The third-order valence-electron chi connectivity index (χ3n) is 1.44. The van der Waals surface area contributed by atoms with Crippen LogP contribution < -0.4 is 5.73 Å². The first kappa shape index (κ1) is 6.78. The molecule has 0 fully saturated rings. The first-order valence-electron chi connectivity index (χ1n) is 3.43. The Morgan fingerprint density at radius 2 is 2.17 bits per heavy atom. The molecule has 0 radical (unpaired) electrons. The number of aromatic amines is 1. The van der Waals surface area contributed by atoms with Gasteiger partial charge in [0.15, 0.2) is 5.82 Å². The van der Waals surface area contributed by atoms with Crippen molar-refractivity contribution in [2.75, 3.05) is 5.73 Å². The third-order valence-corrected chi connectivity index (χ3v) is 1.44. The Morgan fingerprint density at radius 1 is 1.25 bits per heavy atom. The number of anilines is 1. The standard InChI is InChI=1S/C7H7N5/c8-5-1-2-6(9-3-5)7-10-4-11-12-7/h1-4H,8H2,(H,10,11,12). The van der Waals surface area contributed by atoms with E-state index in [1.165, 1.54) is 6.33 Å². The van der Waals surface area contributed by atoms with Gasteiger partial charge in [-0.15, -0.1) is 0 Å². The van der Waals surface area contributed by atoms with Crippen molar-refractivity contribution in [1.82, 2.24) is 20.2 Å². The van der Waals surface area contributed by atoms with E-state index >= 15 is 0 Å². The molecule has 5 heteroatoms. The number of aromatic nitrogens is 4. The van der Waals surface area contributed by atoms with E-state index in [1.807, 2.05) is 0 Å². The molecule has 3 N–H and O–H groups in total. The summed E-state index contributed by atoms with van der Waals surface area (Å²) in [5, 5.41) is 6.42. The molecule has 2 heterocycles. The van der Waals surface area contributed by atoms with Crippen LogP contribution in [0.3, 0.4) is 0 Å². The summed E-state index contributed by atoms with van der Waals surface area (Å²) in [5.74, 6) is 0.648. The molecule has 0 amide bonds. The van der Waals surface area contributed by atoms with Crippen molar-refractivity contribution >= 4 is 5.69 Å². The van der Waals surface area contributed by atoms with Crippen LogP contribution in [0.1, 0.15) is 0 Å². The summed E-state index contributed by atoms with van der Waals surface area (Å²) in [6.07, 6.45) is 3.02. The molecule has 60 valence electrons. The van der Waals surface area contributed by atoms with Gasteiger partial charge in [0.25, 0.3) is 0 Å². The van der Waals surface area contributed by atoms with Gasteiger partial charge >= 0.3 is 0 Å². The van der Waals surface area contributed by atoms with Crippen LogP contribution in [0.15, 0.2) is 24.7 Å². The SMILES string of the molecule is Nc1ccc(-c2ncn[nH]2)nc1. The molecule has 0 atom stereocenters. The van der Waals surface area contributed by atoms with E-state index in [0.29, 0.717) is 11.5 Å². The van der Waals surface area contributed by atoms with Gasteiger partial charge in [0.2, 0.25) is 0 Å². The second-order valence-corrected chi connectivity index (χ2v) is 2.31. The summed E-state index contributed by atoms with van der Waals surface area (Å²) < 4.78 is 0. The van der Waals surface area contributed by atoms with E-state index in [9.17, 15) is 0 Å². The van der Waals surface area contributed by atoms with Gasteiger partial charge in [-0.2, -0.15) is 5.10 Å². The molecule has 0 aliphatic rings. The Bertz CT molecular complexity index is 350. The largest absolute Gasteiger partial charge is 0.397 e. The highest BCUT2D eigenvalue weighted by Crippen LogP contribution is 2.10. The molecular formula is C7H7N5. The molecule has 0 saturated heterocycles. The number of nitrogen functional groups attached to an aromatic ring is 1. The van der Waals surface area contributed by atoms with Crippen molar-refractivity contribution in [3.8, 4) is 11.5 Å². The molecule has 2 aromatic heterocycles. The number of nitrogens with two attached hydrogens (primary N) is 1. The van der Waals surface area contributed by atoms with Crippen LogP contribution in [-0.4, -0.2) is 20.2 Å². The van der Waals surface area contributed by atoms with E-state index in [1.54, 1.807) is 18.3 Å². The van der Waals surface area contributed by atoms with E-state index in [0.717, 1.165) is 5.69 Å². The first-order valence-corrected chi connectivity index (χ1v) is 3.43. The molecule has 0 aliphatic carbocycles. The lowest BCUT2D eigenvalue weighted by Gasteiger charge is -1.94. The molecule has 0 aromatic carbocycles. The fraction of sp³-hybridized carbons (Fsp3) is 0. The average molecular weight is 161 g/mol. The molecule has 0 aliphatic heterocycles. The zero-order valence-corrected chi connectivity index (χ0v) is 6.23. The monoisotopic (exact) mass is 161 g/mol. The van der Waals surface area contributed by atoms with Crippen molar-refractivity contribution in [2.45, 2.75) is 0 Å². The Kier molecular flexibility index (Phi) is 1.48. The van der Waals surface area contributed by atoms with Gasteiger partial charge in [-0.25, -0.2) is 4.98 Å². The Balaban J connectivity index is 2.43. The maximum Gasteiger partial charge on any atom is 0.174 e. The summed E-state index contributed by atoms with van der Waals surface area (Å²) in [4.78, 5) is 8.01. The average Bonchev–Trinajstić information content (AvgIpc) is 2.58. The minimum absolute atomic E-state index is 0.637. The van der Waals surface area contributed by atoms with Gasteiger partial charge in [0, 0.05) is 0 Å². The minimum atomic E-state index is 0.637. The van der Waals surface area contributed by atoms with Crippen LogP contribution in [0, 0.1) is 0 Å². The molecule has 2 aromatic rings. The molecule has 12 heavy (non-hydrogen) atoms. The lowest BCUT2D eigenvalue weighted by molar-refractivity contribution is 1.09. The summed E-state index contributed by atoms with van der Waals surface area (Å²) >= 11 is 0. The van der Waals surface area contributed by atoms with Gasteiger partial charge in [-0.1, -0.05) is 0 Å². The number of rotatable bonds is 1. The van der Waals surface area contributed by atoms with Crippen molar-refractivity contribution < 1.29 is 0 Å². The normalized spacial score (nSPS) is 10.0. The quantitative estimate of drug-likeness (QED) is 0.636. The van der Waals surface area contributed by atoms with E-state index in [4.69, 9.17) is 5.73 Å². The number of nitrogens with one attached hydrogen (secondary N) is 1. The number of hydrogen-bond donors (Lipinski definition) is 2. The zero-order chi connectivity index (χ0) is 8.39. The topological polar surface area (TPSA) is 80.5 Å². The smallest absolute Gasteiger partial charge is 0.174 e. The first-order chi connectivity index (χ1) is 5.86. The fourth-order valence-corrected chi connectivity index (χ4v) is 0.874. The van der Waals surface area contributed by atoms with Crippen LogP contribution in [-0.2, 0) is 0 Å². The van der Waals surface area contributed by atoms with Crippen LogP contribution in [0.25, 0.3) is 11.5 Å².